The molecule has 0 saturated carbocycles. The first-order chi connectivity index (χ1) is 13.7. The number of amides is 1. The number of anilines is 1. The normalized spacial score (nSPS) is 10.3. The first-order valence-corrected chi connectivity index (χ1v) is 9.52. The van der Waals surface area contributed by atoms with Crippen molar-refractivity contribution in [2.45, 2.75) is 19.4 Å². The summed E-state index contributed by atoms with van der Waals surface area (Å²) >= 11 is 5.83. The zero-order valence-corrected chi connectivity index (χ0v) is 16.2. The monoisotopic (exact) mass is 395 g/mol. The minimum Gasteiger partial charge on any atom is -0.494 e. The second-order valence-electron chi connectivity index (χ2n) is 6.25. The van der Waals surface area contributed by atoms with Gasteiger partial charge in [-0.2, -0.15) is 0 Å². The second kappa shape index (κ2) is 10.4. The van der Waals surface area contributed by atoms with Gasteiger partial charge in [-0.15, -0.1) is 0 Å². The third kappa shape index (κ3) is 6.63. The van der Waals surface area contributed by atoms with Crippen LogP contribution in [0.2, 0.25) is 5.02 Å². The Bertz CT molecular complexity index is 865. The molecule has 0 aliphatic rings. The van der Waals surface area contributed by atoms with Crippen LogP contribution in [0.4, 0.5) is 5.69 Å². The molecule has 4 nitrogen and oxygen atoms in total. The van der Waals surface area contributed by atoms with Gasteiger partial charge in [-0.25, -0.2) is 0 Å². The number of carbonyl (C=O) groups is 1. The molecular formula is C23H22ClNO3. The summed E-state index contributed by atoms with van der Waals surface area (Å²) in [5, 5.41) is 3.55. The molecule has 0 bridgehead atoms. The van der Waals surface area contributed by atoms with Gasteiger partial charge in [0.2, 0.25) is 5.91 Å². The van der Waals surface area contributed by atoms with Gasteiger partial charge in [-0.3, -0.25) is 4.79 Å². The molecule has 3 rings (SSSR count). The zero-order valence-electron chi connectivity index (χ0n) is 15.4. The van der Waals surface area contributed by atoms with E-state index < -0.39 is 0 Å². The summed E-state index contributed by atoms with van der Waals surface area (Å²) in [7, 11) is 0. The van der Waals surface area contributed by atoms with Crippen molar-refractivity contribution in [3.63, 3.8) is 0 Å². The van der Waals surface area contributed by atoms with E-state index in [0.717, 1.165) is 22.7 Å². The van der Waals surface area contributed by atoms with Crippen molar-refractivity contribution in [2.24, 2.45) is 0 Å². The second-order valence-corrected chi connectivity index (χ2v) is 6.69. The molecule has 28 heavy (non-hydrogen) atoms. The van der Waals surface area contributed by atoms with Gasteiger partial charge in [0.15, 0.2) is 0 Å². The Morgan fingerprint density at radius 3 is 2.18 bits per heavy atom. The van der Waals surface area contributed by atoms with Crippen molar-refractivity contribution in [3.8, 4) is 11.5 Å². The lowest BCUT2D eigenvalue weighted by Gasteiger charge is -2.09. The van der Waals surface area contributed by atoms with Crippen LogP contribution in [0.3, 0.4) is 0 Å². The molecular weight excluding hydrogens is 374 g/mol. The summed E-state index contributed by atoms with van der Waals surface area (Å²) in [4.78, 5) is 12.0. The molecule has 5 heteroatoms. The van der Waals surface area contributed by atoms with Gasteiger partial charge in [0.25, 0.3) is 0 Å². The maximum atomic E-state index is 12.0. The summed E-state index contributed by atoms with van der Waals surface area (Å²) < 4.78 is 11.3. The highest BCUT2D eigenvalue weighted by atomic mass is 35.5. The Morgan fingerprint density at radius 2 is 1.46 bits per heavy atom. The molecule has 0 spiro atoms. The van der Waals surface area contributed by atoms with Gasteiger partial charge in [-0.1, -0.05) is 41.9 Å². The van der Waals surface area contributed by atoms with Crippen LogP contribution in [-0.4, -0.2) is 12.5 Å². The predicted octanol–water partition coefficient (Wildman–Crippen LogP) is 5.72. The van der Waals surface area contributed by atoms with Crippen LogP contribution in [0, 0.1) is 0 Å². The number of hydrogen-bond donors (Lipinski definition) is 1. The average Bonchev–Trinajstić information content (AvgIpc) is 2.73. The lowest BCUT2D eigenvalue weighted by Crippen LogP contribution is -2.12. The largest absolute Gasteiger partial charge is 0.494 e. The Morgan fingerprint density at radius 1 is 0.821 bits per heavy atom. The highest BCUT2D eigenvalue weighted by Gasteiger charge is 2.04. The molecule has 1 amide bonds. The van der Waals surface area contributed by atoms with E-state index in [-0.39, 0.29) is 5.91 Å². The van der Waals surface area contributed by atoms with E-state index in [0.29, 0.717) is 31.1 Å². The van der Waals surface area contributed by atoms with Crippen molar-refractivity contribution in [1.82, 2.24) is 0 Å². The van der Waals surface area contributed by atoms with Gasteiger partial charge in [0.05, 0.1) is 6.61 Å². The standard InChI is InChI=1S/C23H22ClNO3/c24-19-8-12-21(13-9-19)27-16-4-7-23(26)25-20-10-14-22(15-11-20)28-17-18-5-2-1-3-6-18/h1-3,5-6,8-15H,4,7,16-17H2,(H,25,26). The van der Waals surface area contributed by atoms with E-state index in [1.807, 2.05) is 66.7 Å². The van der Waals surface area contributed by atoms with E-state index >= 15 is 0 Å². The molecule has 0 fully saturated rings. The van der Waals surface area contributed by atoms with Crippen LogP contribution in [0.5, 0.6) is 11.5 Å². The number of ether oxygens (including phenoxy) is 2. The van der Waals surface area contributed by atoms with Crippen LogP contribution >= 0.6 is 11.6 Å². The molecule has 0 heterocycles. The fourth-order valence-corrected chi connectivity index (χ4v) is 2.68. The highest BCUT2D eigenvalue weighted by molar-refractivity contribution is 6.30. The van der Waals surface area contributed by atoms with E-state index in [1.54, 1.807) is 12.1 Å². The van der Waals surface area contributed by atoms with Gasteiger partial charge in [0, 0.05) is 17.1 Å². The smallest absolute Gasteiger partial charge is 0.224 e. The first-order valence-electron chi connectivity index (χ1n) is 9.14. The molecule has 3 aromatic carbocycles. The van der Waals surface area contributed by atoms with Crippen molar-refractivity contribution in [1.29, 1.82) is 0 Å². The van der Waals surface area contributed by atoms with Crippen LogP contribution < -0.4 is 14.8 Å². The number of benzene rings is 3. The van der Waals surface area contributed by atoms with Crippen molar-refractivity contribution in [2.75, 3.05) is 11.9 Å². The lowest BCUT2D eigenvalue weighted by molar-refractivity contribution is -0.116. The molecule has 144 valence electrons. The number of halogens is 1. The maximum Gasteiger partial charge on any atom is 0.224 e. The van der Waals surface area contributed by atoms with Crippen molar-refractivity contribution >= 4 is 23.2 Å². The van der Waals surface area contributed by atoms with Crippen LogP contribution in [0.1, 0.15) is 18.4 Å². The minimum atomic E-state index is -0.0438. The van der Waals surface area contributed by atoms with Crippen molar-refractivity contribution < 1.29 is 14.3 Å². The third-order valence-corrected chi connectivity index (χ3v) is 4.27. The van der Waals surface area contributed by atoms with E-state index in [9.17, 15) is 4.79 Å². The first kappa shape index (κ1) is 19.8. The van der Waals surface area contributed by atoms with E-state index in [4.69, 9.17) is 21.1 Å². The fourth-order valence-electron chi connectivity index (χ4n) is 2.55. The Labute approximate surface area is 170 Å². The zero-order chi connectivity index (χ0) is 19.6. The third-order valence-electron chi connectivity index (χ3n) is 4.02. The Kier molecular flexibility index (Phi) is 7.33. The maximum absolute atomic E-state index is 12.0. The molecule has 0 aromatic heterocycles. The van der Waals surface area contributed by atoms with E-state index in [1.165, 1.54) is 0 Å². The summed E-state index contributed by atoms with van der Waals surface area (Å²) in [5.41, 5.74) is 1.86. The van der Waals surface area contributed by atoms with Gasteiger partial charge in [0.1, 0.15) is 18.1 Å². The minimum absolute atomic E-state index is 0.0438. The fraction of sp³-hybridized carbons (Fsp3) is 0.174. The van der Waals surface area contributed by atoms with Crippen LogP contribution in [0.15, 0.2) is 78.9 Å². The lowest BCUT2D eigenvalue weighted by atomic mass is 10.2. The summed E-state index contributed by atoms with van der Waals surface area (Å²) in [6.07, 6.45) is 1.02. The Hall–Kier alpha value is -2.98. The van der Waals surface area contributed by atoms with Gasteiger partial charge in [-0.05, 0) is 60.5 Å². The Balaban J connectivity index is 1.36. The predicted molar refractivity (Wildman–Crippen MR) is 112 cm³/mol. The van der Waals surface area contributed by atoms with E-state index in [2.05, 4.69) is 5.32 Å². The molecule has 3 aromatic rings. The van der Waals surface area contributed by atoms with Crippen LogP contribution in [0.25, 0.3) is 0 Å². The number of nitrogens with one attached hydrogen (secondary N) is 1. The molecule has 0 aliphatic heterocycles. The summed E-state index contributed by atoms with van der Waals surface area (Å²) in [6, 6.07) is 24.5. The SMILES string of the molecule is O=C(CCCOc1ccc(Cl)cc1)Nc1ccc(OCc2ccccc2)cc1. The topological polar surface area (TPSA) is 47.6 Å². The number of hydrogen-bond acceptors (Lipinski definition) is 3. The quantitative estimate of drug-likeness (QED) is 0.471. The number of carbonyl (C=O) groups excluding carboxylic acids is 1. The van der Waals surface area contributed by atoms with Crippen molar-refractivity contribution in [3.05, 3.63) is 89.4 Å². The molecule has 0 saturated heterocycles. The highest BCUT2D eigenvalue weighted by Crippen LogP contribution is 2.18. The molecule has 0 aliphatic carbocycles. The average molecular weight is 396 g/mol. The summed E-state index contributed by atoms with van der Waals surface area (Å²) in [5.74, 6) is 1.46. The molecule has 0 radical (unpaired) electrons. The van der Waals surface area contributed by atoms with Crippen LogP contribution in [-0.2, 0) is 11.4 Å². The molecule has 0 unspecified atom stereocenters. The van der Waals surface area contributed by atoms with Gasteiger partial charge < -0.3 is 14.8 Å². The van der Waals surface area contributed by atoms with Gasteiger partial charge >= 0.3 is 0 Å². The molecule has 0 atom stereocenters. The molecule has 1 N–H and O–H groups in total. The number of rotatable bonds is 9. The summed E-state index contributed by atoms with van der Waals surface area (Å²) in [6.45, 7) is 0.988.